The maximum Gasteiger partial charge on any atom is 0.195 e. The first-order chi connectivity index (χ1) is 14.6. The lowest BCUT2D eigenvalue weighted by Crippen LogP contribution is -2.46. The Morgan fingerprint density at radius 1 is 0.656 bits per heavy atom. The normalized spacial score (nSPS) is 22.5. The largest absolute Gasteiger partial charge is 0.407 e. The summed E-state index contributed by atoms with van der Waals surface area (Å²) in [6.45, 7) is 22.9. The smallest absolute Gasteiger partial charge is 0.195 e. The standard InChI is InChI=1S/C27H42O3Si2/c1-26(2,3)31(7,8)29-24-21-18-14-15-19-22(21)25(30-32(9,10)27(4,5)6)28-23(24)20-16-12-11-13-17-20/h11-19,23-25H,1-10H3/t23-,24-,25+/m0/s1. The number of fused-ring (bicyclic) bond motifs is 1. The third-order valence-corrected chi connectivity index (χ3v) is 16.5. The first-order valence-electron chi connectivity index (χ1n) is 11.8. The molecule has 3 atom stereocenters. The molecule has 2 aromatic rings. The lowest BCUT2D eigenvalue weighted by Gasteiger charge is -2.47. The van der Waals surface area contributed by atoms with E-state index in [4.69, 9.17) is 13.6 Å². The molecule has 3 nitrogen and oxygen atoms in total. The Kier molecular flexibility index (Phi) is 7.01. The molecule has 0 N–H and O–H groups in total. The lowest BCUT2D eigenvalue weighted by molar-refractivity contribution is -0.177. The number of hydrogen-bond acceptors (Lipinski definition) is 3. The van der Waals surface area contributed by atoms with Crippen LogP contribution in [-0.4, -0.2) is 16.6 Å². The highest BCUT2D eigenvalue weighted by Gasteiger charge is 2.47. The van der Waals surface area contributed by atoms with E-state index in [-0.39, 0.29) is 22.3 Å². The molecule has 1 aliphatic rings. The van der Waals surface area contributed by atoms with Gasteiger partial charge in [0.2, 0.25) is 0 Å². The fourth-order valence-corrected chi connectivity index (χ4v) is 5.79. The van der Waals surface area contributed by atoms with E-state index in [0.717, 1.165) is 11.1 Å². The van der Waals surface area contributed by atoms with Crippen LogP contribution in [0.5, 0.6) is 0 Å². The Hall–Kier alpha value is -1.25. The number of rotatable bonds is 5. The average Bonchev–Trinajstić information content (AvgIpc) is 2.68. The van der Waals surface area contributed by atoms with E-state index in [2.05, 4.69) is 116 Å². The Bertz CT molecular complexity index is 910. The van der Waals surface area contributed by atoms with Crippen molar-refractivity contribution < 1.29 is 13.6 Å². The summed E-state index contributed by atoms with van der Waals surface area (Å²) in [6, 6.07) is 19.0. The molecule has 0 saturated carbocycles. The van der Waals surface area contributed by atoms with Crippen LogP contribution in [0.15, 0.2) is 54.6 Å². The highest BCUT2D eigenvalue weighted by atomic mass is 28.4. The fourth-order valence-electron chi connectivity index (χ4n) is 3.48. The molecule has 5 heteroatoms. The van der Waals surface area contributed by atoms with Crippen molar-refractivity contribution in [3.8, 4) is 0 Å². The molecule has 2 aromatic carbocycles. The predicted molar refractivity (Wildman–Crippen MR) is 139 cm³/mol. The zero-order valence-corrected chi connectivity index (χ0v) is 23.7. The van der Waals surface area contributed by atoms with Gasteiger partial charge in [-0.25, -0.2) is 0 Å². The molecule has 0 radical (unpaired) electrons. The van der Waals surface area contributed by atoms with Crippen molar-refractivity contribution in [2.45, 2.75) is 96.3 Å². The predicted octanol–water partition coefficient (Wildman–Crippen LogP) is 8.54. The Balaban J connectivity index is 2.10. The van der Waals surface area contributed by atoms with E-state index in [1.54, 1.807) is 0 Å². The van der Waals surface area contributed by atoms with Crippen LogP contribution in [-0.2, 0) is 13.6 Å². The third-order valence-electron chi connectivity index (χ3n) is 7.67. The molecule has 0 aromatic heterocycles. The van der Waals surface area contributed by atoms with Crippen molar-refractivity contribution in [3.05, 3.63) is 71.3 Å². The molecule has 0 unspecified atom stereocenters. The second kappa shape index (κ2) is 8.84. The monoisotopic (exact) mass is 470 g/mol. The van der Waals surface area contributed by atoms with E-state index in [1.165, 1.54) is 5.56 Å². The summed E-state index contributed by atoms with van der Waals surface area (Å²) in [5, 5.41) is 0.208. The van der Waals surface area contributed by atoms with Gasteiger partial charge in [-0.15, -0.1) is 0 Å². The summed E-state index contributed by atoms with van der Waals surface area (Å²) in [7, 11) is -4.09. The van der Waals surface area contributed by atoms with Crippen LogP contribution in [0.4, 0.5) is 0 Å². The van der Waals surface area contributed by atoms with Gasteiger partial charge < -0.3 is 13.6 Å². The number of ether oxygens (including phenoxy) is 1. The summed E-state index contributed by atoms with van der Waals surface area (Å²) in [5.74, 6) is 0. The summed E-state index contributed by atoms with van der Waals surface area (Å²) >= 11 is 0. The minimum absolute atomic E-state index is 0.0992. The molecule has 0 aliphatic carbocycles. The molecule has 1 heterocycles. The van der Waals surface area contributed by atoms with Gasteiger partial charge in [0.15, 0.2) is 22.9 Å². The lowest BCUT2D eigenvalue weighted by atomic mass is 9.91. The summed E-state index contributed by atoms with van der Waals surface area (Å²) in [5.41, 5.74) is 3.43. The van der Waals surface area contributed by atoms with Crippen molar-refractivity contribution in [1.82, 2.24) is 0 Å². The van der Waals surface area contributed by atoms with Crippen molar-refractivity contribution in [1.29, 1.82) is 0 Å². The maximum absolute atomic E-state index is 7.05. The highest BCUT2D eigenvalue weighted by molar-refractivity contribution is 6.74. The van der Waals surface area contributed by atoms with Gasteiger partial charge >= 0.3 is 0 Å². The van der Waals surface area contributed by atoms with E-state index in [9.17, 15) is 0 Å². The number of benzene rings is 2. The van der Waals surface area contributed by atoms with Crippen LogP contribution in [0, 0.1) is 0 Å². The Morgan fingerprint density at radius 3 is 1.66 bits per heavy atom. The van der Waals surface area contributed by atoms with Crippen LogP contribution in [0.3, 0.4) is 0 Å². The quantitative estimate of drug-likeness (QED) is 0.410. The average molecular weight is 471 g/mol. The van der Waals surface area contributed by atoms with Gasteiger partial charge in [-0.3, -0.25) is 0 Å². The van der Waals surface area contributed by atoms with Gasteiger partial charge in [-0.05, 0) is 47.4 Å². The van der Waals surface area contributed by atoms with Crippen molar-refractivity contribution in [2.24, 2.45) is 0 Å². The van der Waals surface area contributed by atoms with Crippen LogP contribution >= 0.6 is 0 Å². The van der Waals surface area contributed by atoms with Crippen molar-refractivity contribution >= 4 is 16.6 Å². The van der Waals surface area contributed by atoms with Gasteiger partial charge in [-0.2, -0.15) is 0 Å². The van der Waals surface area contributed by atoms with Crippen LogP contribution in [0.2, 0.25) is 36.3 Å². The van der Waals surface area contributed by atoms with E-state index < -0.39 is 22.9 Å². The molecule has 3 rings (SSSR count). The molecule has 176 valence electrons. The van der Waals surface area contributed by atoms with Crippen LogP contribution < -0.4 is 0 Å². The summed E-state index contributed by atoms with van der Waals surface area (Å²) in [4.78, 5) is 0. The Labute approximate surface area is 197 Å². The van der Waals surface area contributed by atoms with Crippen LogP contribution in [0.25, 0.3) is 0 Å². The maximum atomic E-state index is 7.05. The van der Waals surface area contributed by atoms with Crippen molar-refractivity contribution in [3.63, 3.8) is 0 Å². The van der Waals surface area contributed by atoms with E-state index >= 15 is 0 Å². The highest BCUT2D eigenvalue weighted by Crippen LogP contribution is 2.52. The van der Waals surface area contributed by atoms with Gasteiger partial charge in [-0.1, -0.05) is 96.1 Å². The first kappa shape index (κ1) is 25.4. The van der Waals surface area contributed by atoms with Gasteiger partial charge in [0, 0.05) is 5.56 Å². The molecule has 0 fully saturated rings. The van der Waals surface area contributed by atoms with Gasteiger partial charge in [0.1, 0.15) is 12.2 Å². The fraction of sp³-hybridized carbons (Fsp3) is 0.556. The Morgan fingerprint density at radius 2 is 1.12 bits per heavy atom. The molecular weight excluding hydrogens is 428 g/mol. The minimum atomic E-state index is -2.05. The second-order valence-electron chi connectivity index (χ2n) is 12.1. The van der Waals surface area contributed by atoms with Crippen LogP contribution in [0.1, 0.15) is 76.7 Å². The topological polar surface area (TPSA) is 27.7 Å². The minimum Gasteiger partial charge on any atom is -0.407 e. The first-order valence-corrected chi connectivity index (χ1v) is 17.6. The molecule has 0 saturated heterocycles. The van der Waals surface area contributed by atoms with E-state index in [1.807, 2.05) is 6.07 Å². The van der Waals surface area contributed by atoms with Crippen molar-refractivity contribution in [2.75, 3.05) is 0 Å². The molecule has 0 bridgehead atoms. The second-order valence-corrected chi connectivity index (χ2v) is 21.6. The zero-order chi connectivity index (χ0) is 23.9. The van der Waals surface area contributed by atoms with Gasteiger partial charge in [0.25, 0.3) is 0 Å². The van der Waals surface area contributed by atoms with E-state index in [0.29, 0.717) is 0 Å². The number of hydrogen-bond donors (Lipinski definition) is 0. The molecular formula is C27H42O3Si2. The molecule has 1 aliphatic heterocycles. The summed E-state index contributed by atoms with van der Waals surface area (Å²) in [6.07, 6.45) is -0.764. The molecule has 32 heavy (non-hydrogen) atoms. The zero-order valence-electron chi connectivity index (χ0n) is 21.7. The third kappa shape index (κ3) is 5.12. The molecule has 0 spiro atoms. The summed E-state index contributed by atoms with van der Waals surface area (Å²) < 4.78 is 20.7. The SMILES string of the molecule is CC(C)(C)[Si](C)(C)O[C@H]1O[C@@H](c2ccccc2)[C@@H](O[Si](C)(C)C(C)(C)C)c2ccccc21. The molecule has 0 amide bonds. The van der Waals surface area contributed by atoms with Gasteiger partial charge in [0.05, 0.1) is 0 Å².